The van der Waals surface area contributed by atoms with E-state index in [1.165, 1.54) is 13.3 Å². The van der Waals surface area contributed by atoms with E-state index in [1.807, 2.05) is 44.2 Å². The fourth-order valence-electron chi connectivity index (χ4n) is 2.79. The SMILES string of the molecule is COc1cc(C=NNC(=O)COc2ccc(C)c(C)c2)ccc1OC(=O)c1ccccc1I. The number of carbonyl (C=O) groups is 2. The summed E-state index contributed by atoms with van der Waals surface area (Å²) in [7, 11) is 1.48. The van der Waals surface area contributed by atoms with Crippen molar-refractivity contribution in [2.24, 2.45) is 5.10 Å². The van der Waals surface area contributed by atoms with Crippen molar-refractivity contribution in [3.05, 3.63) is 86.5 Å². The average Bonchev–Trinajstić information content (AvgIpc) is 2.81. The van der Waals surface area contributed by atoms with Crippen LogP contribution in [-0.4, -0.2) is 31.8 Å². The van der Waals surface area contributed by atoms with Crippen LogP contribution in [0, 0.1) is 17.4 Å². The van der Waals surface area contributed by atoms with Gasteiger partial charge in [-0.15, -0.1) is 0 Å². The average molecular weight is 558 g/mol. The van der Waals surface area contributed by atoms with Crippen LogP contribution >= 0.6 is 22.6 Å². The predicted molar refractivity (Wildman–Crippen MR) is 134 cm³/mol. The second-order valence-corrected chi connectivity index (χ2v) is 8.27. The molecule has 7 nitrogen and oxygen atoms in total. The highest BCUT2D eigenvalue weighted by molar-refractivity contribution is 14.1. The Morgan fingerprint density at radius 3 is 2.52 bits per heavy atom. The largest absolute Gasteiger partial charge is 0.493 e. The maximum atomic E-state index is 12.5. The second kappa shape index (κ2) is 11.5. The molecule has 0 aliphatic heterocycles. The molecule has 0 heterocycles. The molecule has 33 heavy (non-hydrogen) atoms. The molecule has 0 unspecified atom stereocenters. The zero-order valence-corrected chi connectivity index (χ0v) is 20.6. The summed E-state index contributed by atoms with van der Waals surface area (Å²) >= 11 is 2.08. The first-order chi connectivity index (χ1) is 15.9. The normalized spacial score (nSPS) is 10.7. The Labute approximate surface area is 205 Å². The first-order valence-corrected chi connectivity index (χ1v) is 11.1. The van der Waals surface area contributed by atoms with Crippen molar-refractivity contribution < 1.29 is 23.8 Å². The van der Waals surface area contributed by atoms with Gasteiger partial charge in [0.25, 0.3) is 5.91 Å². The number of hydrazone groups is 1. The molecule has 0 spiro atoms. The zero-order valence-electron chi connectivity index (χ0n) is 18.4. The Bertz CT molecular complexity index is 1190. The molecule has 0 saturated carbocycles. The maximum Gasteiger partial charge on any atom is 0.344 e. The highest BCUT2D eigenvalue weighted by Gasteiger charge is 2.15. The van der Waals surface area contributed by atoms with Crippen molar-refractivity contribution in [1.29, 1.82) is 0 Å². The summed E-state index contributed by atoms with van der Waals surface area (Å²) < 4.78 is 17.1. The Morgan fingerprint density at radius 1 is 1.00 bits per heavy atom. The van der Waals surface area contributed by atoms with E-state index in [2.05, 4.69) is 33.1 Å². The number of carbonyl (C=O) groups excluding carboxylic acids is 2. The molecule has 0 fully saturated rings. The van der Waals surface area contributed by atoms with E-state index in [-0.39, 0.29) is 18.3 Å². The van der Waals surface area contributed by atoms with E-state index in [0.717, 1.165) is 14.7 Å². The molecule has 1 amide bonds. The lowest BCUT2D eigenvalue weighted by Crippen LogP contribution is -2.24. The molecular formula is C25H23IN2O5. The van der Waals surface area contributed by atoms with E-state index in [0.29, 0.717) is 22.6 Å². The lowest BCUT2D eigenvalue weighted by molar-refractivity contribution is -0.123. The molecule has 3 aromatic rings. The Hall–Kier alpha value is -3.40. The first kappa shape index (κ1) is 24.2. The van der Waals surface area contributed by atoms with Gasteiger partial charge in [-0.05, 0) is 95.6 Å². The number of hydrogen-bond acceptors (Lipinski definition) is 6. The number of nitrogens with one attached hydrogen (secondary N) is 1. The molecule has 1 N–H and O–H groups in total. The zero-order chi connectivity index (χ0) is 23.8. The minimum atomic E-state index is -0.476. The molecule has 0 saturated heterocycles. The molecular weight excluding hydrogens is 535 g/mol. The van der Waals surface area contributed by atoms with E-state index in [4.69, 9.17) is 14.2 Å². The van der Waals surface area contributed by atoms with Crippen molar-refractivity contribution in [2.75, 3.05) is 13.7 Å². The molecule has 0 aliphatic rings. The number of rotatable bonds is 8. The molecule has 3 rings (SSSR count). The third-order valence-corrected chi connectivity index (χ3v) is 5.68. The number of benzene rings is 3. The minimum absolute atomic E-state index is 0.156. The third kappa shape index (κ3) is 6.79. The van der Waals surface area contributed by atoms with Crippen molar-refractivity contribution in [3.8, 4) is 17.2 Å². The van der Waals surface area contributed by atoms with Gasteiger partial charge in [-0.3, -0.25) is 4.79 Å². The number of ether oxygens (including phenoxy) is 3. The van der Waals surface area contributed by atoms with Gasteiger partial charge in [-0.2, -0.15) is 5.10 Å². The van der Waals surface area contributed by atoms with Crippen LogP contribution in [0.15, 0.2) is 65.8 Å². The highest BCUT2D eigenvalue weighted by atomic mass is 127. The monoisotopic (exact) mass is 558 g/mol. The fourth-order valence-corrected chi connectivity index (χ4v) is 3.40. The standard InChI is InChI=1S/C25H23IN2O5/c1-16-8-10-19(12-17(16)2)32-15-24(29)28-27-14-18-9-11-22(23(13-18)31-3)33-25(30)20-6-4-5-7-21(20)26/h4-14H,15H2,1-3H3,(H,28,29). The number of esters is 1. The van der Waals surface area contributed by atoms with Gasteiger partial charge in [0.2, 0.25) is 0 Å². The quantitative estimate of drug-likeness (QED) is 0.143. The molecule has 0 aliphatic carbocycles. The van der Waals surface area contributed by atoms with Crippen molar-refractivity contribution in [2.45, 2.75) is 13.8 Å². The summed E-state index contributed by atoms with van der Waals surface area (Å²) in [5, 5.41) is 3.94. The van der Waals surface area contributed by atoms with Gasteiger partial charge in [0.1, 0.15) is 5.75 Å². The number of aryl methyl sites for hydroxylation is 2. The smallest absolute Gasteiger partial charge is 0.344 e. The number of halogens is 1. The number of nitrogens with zero attached hydrogens (tertiary/aromatic N) is 1. The molecule has 0 atom stereocenters. The molecule has 8 heteroatoms. The van der Waals surface area contributed by atoms with E-state index >= 15 is 0 Å². The molecule has 0 aromatic heterocycles. The summed E-state index contributed by atoms with van der Waals surface area (Å²) in [4.78, 5) is 24.5. The van der Waals surface area contributed by atoms with Crippen molar-refractivity contribution >= 4 is 40.7 Å². The second-order valence-electron chi connectivity index (χ2n) is 7.11. The Balaban J connectivity index is 1.57. The van der Waals surface area contributed by atoms with E-state index < -0.39 is 5.97 Å². The minimum Gasteiger partial charge on any atom is -0.493 e. The third-order valence-electron chi connectivity index (χ3n) is 4.74. The number of amides is 1. The van der Waals surface area contributed by atoms with E-state index in [9.17, 15) is 9.59 Å². The Kier molecular flexibility index (Phi) is 8.42. The Morgan fingerprint density at radius 2 is 1.79 bits per heavy atom. The van der Waals surface area contributed by atoms with Gasteiger partial charge in [0, 0.05) is 3.57 Å². The summed E-state index contributed by atoms with van der Waals surface area (Å²) in [5.74, 6) is 0.403. The highest BCUT2D eigenvalue weighted by Crippen LogP contribution is 2.29. The maximum absolute atomic E-state index is 12.5. The van der Waals surface area contributed by atoms with Crippen LogP contribution in [0.3, 0.4) is 0 Å². The van der Waals surface area contributed by atoms with Gasteiger partial charge in [0.15, 0.2) is 18.1 Å². The van der Waals surface area contributed by atoms with Gasteiger partial charge >= 0.3 is 5.97 Å². The van der Waals surface area contributed by atoms with Crippen LogP contribution in [-0.2, 0) is 4.79 Å². The van der Waals surface area contributed by atoms with Crippen molar-refractivity contribution in [1.82, 2.24) is 5.43 Å². The predicted octanol–water partition coefficient (Wildman–Crippen LogP) is 4.66. The molecule has 0 bridgehead atoms. The van der Waals surface area contributed by atoms with Crippen molar-refractivity contribution in [3.63, 3.8) is 0 Å². The summed E-state index contributed by atoms with van der Waals surface area (Å²) in [5.41, 5.74) is 5.78. The van der Waals surface area contributed by atoms with Gasteiger partial charge in [-0.1, -0.05) is 18.2 Å². The van der Waals surface area contributed by atoms with Gasteiger partial charge in [-0.25, -0.2) is 10.2 Å². The van der Waals surface area contributed by atoms with Crippen LogP contribution in [0.4, 0.5) is 0 Å². The molecule has 170 valence electrons. The summed E-state index contributed by atoms with van der Waals surface area (Å²) in [6.45, 7) is 3.84. The number of hydrogen-bond donors (Lipinski definition) is 1. The van der Waals surface area contributed by atoms with E-state index in [1.54, 1.807) is 30.3 Å². The lowest BCUT2D eigenvalue weighted by Gasteiger charge is -2.10. The fraction of sp³-hybridized carbons (Fsp3) is 0.160. The summed E-state index contributed by atoms with van der Waals surface area (Å²) in [6.07, 6.45) is 1.46. The number of methoxy groups -OCH3 is 1. The first-order valence-electron chi connectivity index (χ1n) is 10.0. The van der Waals surface area contributed by atoms with Crippen LogP contribution in [0.2, 0.25) is 0 Å². The van der Waals surface area contributed by atoms with Crippen LogP contribution in [0.1, 0.15) is 27.0 Å². The van der Waals surface area contributed by atoms with Gasteiger partial charge < -0.3 is 14.2 Å². The topological polar surface area (TPSA) is 86.2 Å². The molecule has 0 radical (unpaired) electrons. The van der Waals surface area contributed by atoms with Gasteiger partial charge in [0.05, 0.1) is 18.9 Å². The van der Waals surface area contributed by atoms with Crippen LogP contribution < -0.4 is 19.6 Å². The van der Waals surface area contributed by atoms with Crippen LogP contribution in [0.5, 0.6) is 17.2 Å². The molecule has 3 aromatic carbocycles. The lowest BCUT2D eigenvalue weighted by atomic mass is 10.1. The summed E-state index contributed by atoms with van der Waals surface area (Å²) in [6, 6.07) is 17.7. The van der Waals surface area contributed by atoms with Crippen LogP contribution in [0.25, 0.3) is 0 Å².